The zero-order valence-electron chi connectivity index (χ0n) is 13.3. The van der Waals surface area contributed by atoms with E-state index in [-0.39, 0.29) is 0 Å². The minimum absolute atomic E-state index is 0.475. The van der Waals surface area contributed by atoms with Crippen LogP contribution in [-0.4, -0.2) is 0 Å². The fraction of sp³-hybridized carbons (Fsp3) is 0.0500. The minimum atomic E-state index is 0.475. The fourth-order valence-corrected chi connectivity index (χ4v) is 2.20. The summed E-state index contributed by atoms with van der Waals surface area (Å²) in [6.45, 7) is 0.475. The lowest BCUT2D eigenvalue weighted by molar-refractivity contribution is 0.306. The molecule has 5 heteroatoms. The van der Waals surface area contributed by atoms with Crippen LogP contribution in [0.1, 0.15) is 11.1 Å². The standard InChI is InChI=1S/C20H14ClN3O/c21-17-5-1-16(2-6-17)14-25-20-11-9-19(10-12-20)24-23-18-7-3-15(13-22)4-8-18/h1-12H,14H2. The Morgan fingerprint density at radius 2 is 1.36 bits per heavy atom. The van der Waals surface area contributed by atoms with E-state index in [0.29, 0.717) is 22.9 Å². The molecule has 4 nitrogen and oxygen atoms in total. The Morgan fingerprint density at radius 1 is 0.800 bits per heavy atom. The first kappa shape index (κ1) is 16.7. The molecule has 0 aromatic heterocycles. The fourth-order valence-electron chi connectivity index (χ4n) is 2.07. The van der Waals surface area contributed by atoms with E-state index < -0.39 is 0 Å². The number of hydrogen-bond acceptors (Lipinski definition) is 4. The molecule has 0 spiro atoms. The molecule has 0 radical (unpaired) electrons. The zero-order valence-corrected chi connectivity index (χ0v) is 14.0. The lowest BCUT2D eigenvalue weighted by Crippen LogP contribution is -1.94. The normalized spacial score (nSPS) is 10.6. The summed E-state index contributed by atoms with van der Waals surface area (Å²) in [6, 6.07) is 23.9. The number of ether oxygens (including phenoxy) is 1. The SMILES string of the molecule is N#Cc1ccc(N=Nc2ccc(OCc3ccc(Cl)cc3)cc2)cc1. The molecule has 3 rings (SSSR count). The third-order valence-electron chi connectivity index (χ3n) is 3.43. The van der Waals surface area contributed by atoms with Crippen LogP contribution in [0.3, 0.4) is 0 Å². The Bertz CT molecular complexity index is 896. The Labute approximate surface area is 151 Å². The molecular formula is C20H14ClN3O. The van der Waals surface area contributed by atoms with E-state index in [2.05, 4.69) is 16.3 Å². The Morgan fingerprint density at radius 3 is 1.92 bits per heavy atom. The van der Waals surface area contributed by atoms with E-state index in [1.165, 1.54) is 0 Å². The van der Waals surface area contributed by atoms with Crippen LogP contribution in [0.2, 0.25) is 5.02 Å². The number of hydrogen-bond donors (Lipinski definition) is 0. The van der Waals surface area contributed by atoms with Crippen LogP contribution >= 0.6 is 11.6 Å². The average Bonchev–Trinajstić information content (AvgIpc) is 2.67. The van der Waals surface area contributed by atoms with Crippen LogP contribution in [0.15, 0.2) is 83.0 Å². The summed E-state index contributed by atoms with van der Waals surface area (Å²) < 4.78 is 5.73. The van der Waals surface area contributed by atoms with Crippen molar-refractivity contribution >= 4 is 23.0 Å². The van der Waals surface area contributed by atoms with Gasteiger partial charge in [-0.15, -0.1) is 0 Å². The summed E-state index contributed by atoms with van der Waals surface area (Å²) >= 11 is 5.86. The predicted molar refractivity (Wildman–Crippen MR) is 97.6 cm³/mol. The van der Waals surface area contributed by atoms with Gasteiger partial charge in [0, 0.05) is 5.02 Å². The van der Waals surface area contributed by atoms with Crippen LogP contribution < -0.4 is 4.74 Å². The maximum Gasteiger partial charge on any atom is 0.119 e. The number of halogens is 1. The van der Waals surface area contributed by atoms with Gasteiger partial charge in [0.05, 0.1) is 23.0 Å². The highest BCUT2D eigenvalue weighted by Gasteiger charge is 1.98. The second-order valence-corrected chi connectivity index (χ2v) is 5.70. The first-order valence-corrected chi connectivity index (χ1v) is 8.00. The van der Waals surface area contributed by atoms with Crippen LogP contribution in [0.4, 0.5) is 11.4 Å². The second kappa shape index (κ2) is 8.09. The number of nitrogens with zero attached hydrogens (tertiary/aromatic N) is 3. The summed E-state index contributed by atoms with van der Waals surface area (Å²) in [5.74, 6) is 0.757. The second-order valence-electron chi connectivity index (χ2n) is 5.27. The van der Waals surface area contributed by atoms with Crippen molar-refractivity contribution in [2.45, 2.75) is 6.61 Å². The van der Waals surface area contributed by atoms with Gasteiger partial charge in [0.15, 0.2) is 0 Å². The summed E-state index contributed by atoms with van der Waals surface area (Å²) in [7, 11) is 0. The lowest BCUT2D eigenvalue weighted by atomic mass is 10.2. The van der Waals surface area contributed by atoms with Gasteiger partial charge in [0.25, 0.3) is 0 Å². The Hall–Kier alpha value is -3.16. The van der Waals surface area contributed by atoms with E-state index in [0.717, 1.165) is 17.0 Å². The van der Waals surface area contributed by atoms with Crippen molar-refractivity contribution in [1.29, 1.82) is 5.26 Å². The van der Waals surface area contributed by atoms with Gasteiger partial charge >= 0.3 is 0 Å². The van der Waals surface area contributed by atoms with Gasteiger partial charge in [0.1, 0.15) is 12.4 Å². The van der Waals surface area contributed by atoms with E-state index in [9.17, 15) is 0 Å². The van der Waals surface area contributed by atoms with Gasteiger partial charge in [0.2, 0.25) is 0 Å². The van der Waals surface area contributed by atoms with Crippen molar-refractivity contribution in [2.75, 3.05) is 0 Å². The molecule has 0 amide bonds. The first-order valence-electron chi connectivity index (χ1n) is 7.62. The molecule has 0 unspecified atom stereocenters. The first-order chi connectivity index (χ1) is 12.2. The molecule has 0 saturated heterocycles. The molecule has 3 aromatic rings. The monoisotopic (exact) mass is 347 g/mol. The van der Waals surface area contributed by atoms with Crippen LogP contribution in [0.25, 0.3) is 0 Å². The molecule has 0 aliphatic rings. The molecule has 0 aliphatic heterocycles. The zero-order chi connectivity index (χ0) is 17.5. The molecule has 0 N–H and O–H groups in total. The summed E-state index contributed by atoms with van der Waals surface area (Å²) in [4.78, 5) is 0. The maximum atomic E-state index is 8.77. The van der Waals surface area contributed by atoms with Crippen molar-refractivity contribution in [3.63, 3.8) is 0 Å². The van der Waals surface area contributed by atoms with Gasteiger partial charge in [-0.25, -0.2) is 0 Å². The summed E-state index contributed by atoms with van der Waals surface area (Å²) in [5.41, 5.74) is 3.07. The number of rotatable bonds is 5. The molecule has 25 heavy (non-hydrogen) atoms. The largest absolute Gasteiger partial charge is 0.489 e. The number of benzene rings is 3. The van der Waals surface area contributed by atoms with Crippen molar-refractivity contribution in [1.82, 2.24) is 0 Å². The molecule has 0 saturated carbocycles. The third kappa shape index (κ3) is 4.90. The third-order valence-corrected chi connectivity index (χ3v) is 3.68. The maximum absolute atomic E-state index is 8.77. The van der Waals surface area contributed by atoms with E-state index in [1.54, 1.807) is 24.3 Å². The topological polar surface area (TPSA) is 57.7 Å². The lowest BCUT2D eigenvalue weighted by Gasteiger charge is -2.06. The van der Waals surface area contributed by atoms with Gasteiger partial charge in [-0.1, -0.05) is 23.7 Å². The van der Waals surface area contributed by atoms with Gasteiger partial charge < -0.3 is 4.74 Å². The number of azo groups is 1. The summed E-state index contributed by atoms with van der Waals surface area (Å²) in [6.07, 6.45) is 0. The Balaban J connectivity index is 1.58. The molecule has 3 aromatic carbocycles. The molecule has 0 heterocycles. The van der Waals surface area contributed by atoms with Crippen molar-refractivity contribution in [2.24, 2.45) is 10.2 Å². The van der Waals surface area contributed by atoms with Gasteiger partial charge in [-0.2, -0.15) is 15.5 Å². The number of nitriles is 1. The highest BCUT2D eigenvalue weighted by molar-refractivity contribution is 6.30. The highest BCUT2D eigenvalue weighted by atomic mass is 35.5. The molecule has 122 valence electrons. The quantitative estimate of drug-likeness (QED) is 0.515. The predicted octanol–water partition coefficient (Wildman–Crippen LogP) is 6.21. The molecular weight excluding hydrogens is 334 g/mol. The molecule has 0 atom stereocenters. The van der Waals surface area contributed by atoms with Crippen molar-refractivity contribution < 1.29 is 4.74 Å². The van der Waals surface area contributed by atoms with Gasteiger partial charge in [-0.05, 0) is 66.2 Å². The van der Waals surface area contributed by atoms with E-state index in [1.807, 2.05) is 48.5 Å². The van der Waals surface area contributed by atoms with E-state index >= 15 is 0 Å². The van der Waals surface area contributed by atoms with Gasteiger partial charge in [-0.3, -0.25) is 0 Å². The van der Waals surface area contributed by atoms with Crippen LogP contribution in [0, 0.1) is 11.3 Å². The van der Waals surface area contributed by atoms with E-state index in [4.69, 9.17) is 21.6 Å². The van der Waals surface area contributed by atoms with Crippen LogP contribution in [0.5, 0.6) is 5.75 Å². The minimum Gasteiger partial charge on any atom is -0.489 e. The highest BCUT2D eigenvalue weighted by Crippen LogP contribution is 2.22. The van der Waals surface area contributed by atoms with Crippen LogP contribution in [-0.2, 0) is 6.61 Å². The average molecular weight is 348 g/mol. The smallest absolute Gasteiger partial charge is 0.119 e. The Kier molecular flexibility index (Phi) is 5.40. The molecule has 0 bridgehead atoms. The summed E-state index contributed by atoms with van der Waals surface area (Å²) in [5, 5.41) is 17.8. The molecule has 0 aliphatic carbocycles. The molecule has 0 fully saturated rings. The van der Waals surface area contributed by atoms with Crippen molar-refractivity contribution in [3.05, 3.63) is 88.9 Å². The van der Waals surface area contributed by atoms with Crippen molar-refractivity contribution in [3.8, 4) is 11.8 Å².